The molecule has 0 fully saturated rings. The van der Waals surface area contributed by atoms with Crippen molar-refractivity contribution in [1.29, 1.82) is 0 Å². The summed E-state index contributed by atoms with van der Waals surface area (Å²) in [5, 5.41) is 2.62. The summed E-state index contributed by atoms with van der Waals surface area (Å²) in [6, 6.07) is 22.3. The fourth-order valence-electron chi connectivity index (χ4n) is 5.81. The van der Waals surface area contributed by atoms with Gasteiger partial charge in [0.1, 0.15) is 0 Å². The highest BCUT2D eigenvalue weighted by atomic mass is 14.2. The Hall–Kier alpha value is -3.69. The third kappa shape index (κ3) is 4.06. The fourth-order valence-corrected chi connectivity index (χ4v) is 5.81. The van der Waals surface area contributed by atoms with Crippen LogP contribution in [0.25, 0.3) is 16.3 Å². The van der Waals surface area contributed by atoms with Crippen molar-refractivity contribution < 1.29 is 0 Å². The average Bonchev–Trinajstić information content (AvgIpc) is 3.07. The molecule has 35 heavy (non-hydrogen) atoms. The summed E-state index contributed by atoms with van der Waals surface area (Å²) in [5.41, 5.74) is 10.5. The first-order chi connectivity index (χ1) is 17.0. The molecule has 5 rings (SSSR count). The lowest BCUT2D eigenvalue weighted by Gasteiger charge is -2.19. The van der Waals surface area contributed by atoms with Gasteiger partial charge in [-0.05, 0) is 48.2 Å². The summed E-state index contributed by atoms with van der Waals surface area (Å²) in [7, 11) is 0. The maximum absolute atomic E-state index is 4.04. The zero-order valence-corrected chi connectivity index (χ0v) is 21.1. The molecule has 0 aromatic heterocycles. The van der Waals surface area contributed by atoms with E-state index in [0.717, 1.165) is 0 Å². The van der Waals surface area contributed by atoms with Crippen molar-refractivity contribution in [2.75, 3.05) is 0 Å². The number of hydrogen-bond acceptors (Lipinski definition) is 0. The van der Waals surface area contributed by atoms with Crippen LogP contribution >= 0.6 is 0 Å². The zero-order valence-electron chi connectivity index (χ0n) is 21.1. The Morgan fingerprint density at radius 3 is 2.51 bits per heavy atom. The number of allylic oxidation sites excluding steroid dienone is 9. The summed E-state index contributed by atoms with van der Waals surface area (Å²) >= 11 is 0. The highest BCUT2D eigenvalue weighted by Gasteiger charge is 2.36. The fraction of sp³-hybridized carbons (Fsp3) is 0.152. The number of benzene rings is 3. The standard InChI is InChI=1S/C33H30B2/c1-6-12-29-27(7-2)28-15-8-9-16-30(28)35(29)32-18-11-14-25-13-10-17-31(33(25)32)34(5)26-20-19-23(3)21-24(4)22-26/h6-18,21-23H,1H2,2-5H3/b27-7-,29-12+. The van der Waals surface area contributed by atoms with E-state index in [2.05, 4.69) is 131 Å². The van der Waals surface area contributed by atoms with Crippen LogP contribution in [0.3, 0.4) is 0 Å². The lowest BCUT2D eigenvalue weighted by molar-refractivity contribution is 0.972. The Bertz CT molecular complexity index is 1510. The van der Waals surface area contributed by atoms with E-state index in [1.54, 1.807) is 0 Å². The molecule has 1 unspecified atom stereocenters. The van der Waals surface area contributed by atoms with Crippen molar-refractivity contribution in [2.24, 2.45) is 5.92 Å². The van der Waals surface area contributed by atoms with Gasteiger partial charge in [0.2, 0.25) is 13.4 Å². The number of hydrogen-bond donors (Lipinski definition) is 0. The van der Waals surface area contributed by atoms with E-state index in [4.69, 9.17) is 0 Å². The minimum atomic E-state index is 0.170. The van der Waals surface area contributed by atoms with Crippen molar-refractivity contribution in [3.8, 4) is 11.8 Å². The molecule has 2 aliphatic rings. The normalized spacial score (nSPS) is 19.1. The summed E-state index contributed by atoms with van der Waals surface area (Å²) in [6.45, 7) is 13.2. The van der Waals surface area contributed by atoms with Crippen LogP contribution in [0.2, 0.25) is 6.82 Å². The predicted octanol–water partition coefficient (Wildman–Crippen LogP) is 5.91. The third-order valence-electron chi connectivity index (χ3n) is 7.32. The highest BCUT2D eigenvalue weighted by molar-refractivity contribution is 6.97. The van der Waals surface area contributed by atoms with E-state index < -0.39 is 0 Å². The van der Waals surface area contributed by atoms with Crippen molar-refractivity contribution in [1.82, 2.24) is 0 Å². The molecule has 0 amide bonds. The number of rotatable bonds is 4. The van der Waals surface area contributed by atoms with E-state index in [0.29, 0.717) is 0 Å². The van der Waals surface area contributed by atoms with Gasteiger partial charge in [0.15, 0.2) is 0 Å². The first-order valence-corrected chi connectivity index (χ1v) is 12.5. The van der Waals surface area contributed by atoms with Gasteiger partial charge in [-0.15, -0.1) is 0 Å². The smallest absolute Gasteiger partial charge is 0.0991 e. The molecule has 3 aromatic carbocycles. The van der Waals surface area contributed by atoms with Crippen molar-refractivity contribution in [3.63, 3.8) is 0 Å². The van der Waals surface area contributed by atoms with Crippen LogP contribution in [-0.4, -0.2) is 13.4 Å². The van der Waals surface area contributed by atoms with Gasteiger partial charge in [0.25, 0.3) is 0 Å². The Kier molecular flexibility index (Phi) is 6.27. The second-order valence-electron chi connectivity index (χ2n) is 9.66. The third-order valence-corrected chi connectivity index (χ3v) is 7.32. The highest BCUT2D eigenvalue weighted by Crippen LogP contribution is 2.32. The Morgan fingerprint density at radius 2 is 1.74 bits per heavy atom. The van der Waals surface area contributed by atoms with Crippen LogP contribution in [0.1, 0.15) is 26.3 Å². The van der Waals surface area contributed by atoms with Crippen LogP contribution in [0, 0.1) is 17.8 Å². The van der Waals surface area contributed by atoms with Crippen molar-refractivity contribution in [3.05, 3.63) is 120 Å². The van der Waals surface area contributed by atoms with Crippen LogP contribution < -0.4 is 16.4 Å². The van der Waals surface area contributed by atoms with Gasteiger partial charge in [0.05, 0.1) is 0 Å². The molecule has 0 saturated carbocycles. The van der Waals surface area contributed by atoms with Crippen molar-refractivity contribution >= 4 is 46.2 Å². The summed E-state index contributed by atoms with van der Waals surface area (Å²) in [6.07, 6.45) is 10.9. The molecule has 0 spiro atoms. The van der Waals surface area contributed by atoms with Crippen LogP contribution in [0.4, 0.5) is 0 Å². The molecule has 0 saturated heterocycles. The van der Waals surface area contributed by atoms with Crippen LogP contribution in [0.15, 0.2) is 114 Å². The SMILES string of the molecule is C=C/C=C1/B(c2cccc3cccc(B(C)C4=CC(C)=CC(C)C#C4)c23)c2ccccc2/C1=C/C. The summed E-state index contributed by atoms with van der Waals surface area (Å²) in [4.78, 5) is 0. The average molecular weight is 448 g/mol. The second kappa shape index (κ2) is 9.52. The topological polar surface area (TPSA) is 0 Å². The summed E-state index contributed by atoms with van der Waals surface area (Å²) < 4.78 is 0. The first-order valence-electron chi connectivity index (χ1n) is 12.5. The molecule has 2 heteroatoms. The minimum absolute atomic E-state index is 0.170. The maximum Gasteiger partial charge on any atom is 0.243 e. The van der Waals surface area contributed by atoms with E-state index >= 15 is 0 Å². The Morgan fingerprint density at radius 1 is 1.00 bits per heavy atom. The van der Waals surface area contributed by atoms with Gasteiger partial charge < -0.3 is 0 Å². The Labute approximate surface area is 211 Å². The largest absolute Gasteiger partial charge is 0.243 e. The molecule has 3 aromatic rings. The molecule has 0 N–H and O–H groups in total. The molecule has 0 bridgehead atoms. The minimum Gasteiger partial charge on any atom is -0.0991 e. The lowest BCUT2D eigenvalue weighted by atomic mass is 9.35. The van der Waals surface area contributed by atoms with Gasteiger partial charge >= 0.3 is 0 Å². The first kappa shape index (κ1) is 23.1. The second-order valence-corrected chi connectivity index (χ2v) is 9.66. The molecule has 168 valence electrons. The predicted molar refractivity (Wildman–Crippen MR) is 157 cm³/mol. The molecular weight excluding hydrogens is 418 g/mol. The van der Waals surface area contributed by atoms with E-state index in [1.807, 2.05) is 6.08 Å². The molecule has 1 heterocycles. The van der Waals surface area contributed by atoms with Crippen molar-refractivity contribution in [2.45, 2.75) is 27.6 Å². The van der Waals surface area contributed by atoms with E-state index in [9.17, 15) is 0 Å². The van der Waals surface area contributed by atoms with Gasteiger partial charge in [-0.3, -0.25) is 0 Å². The lowest BCUT2D eigenvalue weighted by Crippen LogP contribution is -2.44. The zero-order chi connectivity index (χ0) is 24.5. The van der Waals surface area contributed by atoms with Gasteiger partial charge in [-0.2, -0.15) is 0 Å². The van der Waals surface area contributed by atoms with Gasteiger partial charge in [-0.25, -0.2) is 0 Å². The van der Waals surface area contributed by atoms with Gasteiger partial charge in [-0.1, -0.05) is 144 Å². The molecule has 1 aliphatic carbocycles. The van der Waals surface area contributed by atoms with Gasteiger partial charge in [0, 0.05) is 5.92 Å². The maximum atomic E-state index is 4.04. The molecule has 1 atom stereocenters. The van der Waals surface area contributed by atoms with Crippen LogP contribution in [0.5, 0.6) is 0 Å². The number of fused-ring (bicyclic) bond motifs is 2. The Balaban J connectivity index is 1.76. The monoisotopic (exact) mass is 448 g/mol. The van der Waals surface area contributed by atoms with E-state index in [1.165, 1.54) is 54.8 Å². The molecule has 1 aliphatic heterocycles. The van der Waals surface area contributed by atoms with Crippen LogP contribution in [-0.2, 0) is 0 Å². The quantitative estimate of drug-likeness (QED) is 0.344. The molecule has 0 nitrogen and oxygen atoms in total. The molecule has 0 radical (unpaired) electrons. The summed E-state index contributed by atoms with van der Waals surface area (Å²) in [5.74, 6) is 7.20. The van der Waals surface area contributed by atoms with E-state index in [-0.39, 0.29) is 19.3 Å². The molecular formula is C33H30B2.